The summed E-state index contributed by atoms with van der Waals surface area (Å²) in [6.07, 6.45) is 3.73. The Morgan fingerprint density at radius 1 is 0.882 bits per heavy atom. The van der Waals surface area contributed by atoms with Crippen LogP contribution in [0.4, 0.5) is 0 Å². The molecule has 0 fully saturated rings. The monoisotopic (exact) mass is 222 g/mol. The van der Waals surface area contributed by atoms with Gasteiger partial charge < -0.3 is 4.74 Å². The van der Waals surface area contributed by atoms with Crippen LogP contribution in [0, 0.1) is 0 Å². The van der Waals surface area contributed by atoms with Crippen LogP contribution in [0.25, 0.3) is 11.1 Å². The maximum absolute atomic E-state index is 5.82. The van der Waals surface area contributed by atoms with Crippen LogP contribution in [0.1, 0.15) is 24.2 Å². The fraction of sp³-hybridized carbons (Fsp3) is 0.125. The van der Waals surface area contributed by atoms with Gasteiger partial charge in [-0.25, -0.2) is 0 Å². The third-order valence-corrected chi connectivity index (χ3v) is 3.13. The van der Waals surface area contributed by atoms with Gasteiger partial charge >= 0.3 is 0 Å². The fourth-order valence-electron chi connectivity index (χ4n) is 2.41. The van der Waals surface area contributed by atoms with E-state index in [0.29, 0.717) is 0 Å². The molecule has 0 spiro atoms. The minimum atomic E-state index is 0.0404. The first-order chi connectivity index (χ1) is 8.42. The van der Waals surface area contributed by atoms with E-state index in [9.17, 15) is 0 Å². The first-order valence-electron chi connectivity index (χ1n) is 5.86. The largest absolute Gasteiger partial charge is 0.489 e. The first kappa shape index (κ1) is 10.2. The number of hydrogen-bond acceptors (Lipinski definition) is 1. The molecule has 0 saturated heterocycles. The molecule has 1 heteroatoms. The number of allylic oxidation sites excluding steroid dienone is 1. The van der Waals surface area contributed by atoms with Crippen LogP contribution < -0.4 is 0 Å². The zero-order chi connectivity index (χ0) is 11.7. The van der Waals surface area contributed by atoms with Crippen LogP contribution >= 0.6 is 0 Å². The lowest BCUT2D eigenvalue weighted by atomic mass is 10.1. The van der Waals surface area contributed by atoms with E-state index < -0.39 is 0 Å². The van der Waals surface area contributed by atoms with Gasteiger partial charge in [0.1, 0.15) is 6.10 Å². The molecule has 1 nitrogen and oxygen atoms in total. The second-order valence-corrected chi connectivity index (χ2v) is 4.16. The summed E-state index contributed by atoms with van der Waals surface area (Å²) < 4.78 is 5.82. The molecular weight excluding hydrogens is 208 g/mol. The average molecular weight is 222 g/mol. The predicted octanol–water partition coefficient (Wildman–Crippen LogP) is 4.31. The Morgan fingerprint density at radius 3 is 1.94 bits per heavy atom. The maximum Gasteiger partial charge on any atom is 0.149 e. The maximum atomic E-state index is 5.82. The smallest absolute Gasteiger partial charge is 0.149 e. The van der Waals surface area contributed by atoms with Crippen LogP contribution in [-0.4, -0.2) is 0 Å². The van der Waals surface area contributed by atoms with Crippen molar-refractivity contribution in [3.8, 4) is 11.1 Å². The molecule has 2 aromatic carbocycles. The summed E-state index contributed by atoms with van der Waals surface area (Å²) >= 11 is 0. The van der Waals surface area contributed by atoms with Gasteiger partial charge in [-0.2, -0.15) is 0 Å². The molecule has 3 rings (SSSR count). The van der Waals surface area contributed by atoms with E-state index in [4.69, 9.17) is 4.74 Å². The third kappa shape index (κ3) is 1.55. The number of rotatable bonds is 2. The van der Waals surface area contributed by atoms with Crippen molar-refractivity contribution >= 4 is 0 Å². The Kier molecular flexibility index (Phi) is 2.45. The zero-order valence-corrected chi connectivity index (χ0v) is 9.76. The Bertz CT molecular complexity index is 524. The van der Waals surface area contributed by atoms with Gasteiger partial charge in [-0.3, -0.25) is 0 Å². The highest BCUT2D eigenvalue weighted by molar-refractivity contribution is 5.78. The molecule has 0 aromatic heterocycles. The molecule has 2 aromatic rings. The van der Waals surface area contributed by atoms with E-state index in [2.05, 4.69) is 48.5 Å². The van der Waals surface area contributed by atoms with Crippen molar-refractivity contribution in [3.05, 3.63) is 72.0 Å². The summed E-state index contributed by atoms with van der Waals surface area (Å²) in [5, 5.41) is 0. The lowest BCUT2D eigenvalue weighted by Crippen LogP contribution is -1.97. The Hall–Kier alpha value is -2.02. The van der Waals surface area contributed by atoms with E-state index in [1.54, 1.807) is 6.26 Å². The lowest BCUT2D eigenvalue weighted by molar-refractivity contribution is 0.186. The van der Waals surface area contributed by atoms with Crippen LogP contribution in [-0.2, 0) is 4.74 Å². The minimum Gasteiger partial charge on any atom is -0.489 e. The first-order valence-corrected chi connectivity index (χ1v) is 5.86. The van der Waals surface area contributed by atoms with E-state index in [1.165, 1.54) is 22.3 Å². The molecule has 1 aliphatic carbocycles. The van der Waals surface area contributed by atoms with Gasteiger partial charge in [-0.15, -0.1) is 0 Å². The molecule has 0 unspecified atom stereocenters. The van der Waals surface area contributed by atoms with Crippen molar-refractivity contribution < 1.29 is 4.74 Å². The molecule has 0 heterocycles. The summed E-state index contributed by atoms with van der Waals surface area (Å²) in [5.41, 5.74) is 5.09. The molecule has 0 bridgehead atoms. The summed E-state index contributed by atoms with van der Waals surface area (Å²) in [6.45, 7) is 1.97. The number of ether oxygens (including phenoxy) is 1. The second-order valence-electron chi connectivity index (χ2n) is 4.16. The van der Waals surface area contributed by atoms with E-state index >= 15 is 0 Å². The van der Waals surface area contributed by atoms with Crippen LogP contribution in [0.15, 0.2) is 60.9 Å². The number of hydrogen-bond donors (Lipinski definition) is 0. The van der Waals surface area contributed by atoms with Gasteiger partial charge in [0, 0.05) is 11.1 Å². The van der Waals surface area contributed by atoms with Gasteiger partial charge in [0.2, 0.25) is 0 Å². The van der Waals surface area contributed by atoms with Crippen molar-refractivity contribution in [2.75, 3.05) is 0 Å². The normalized spacial score (nSPS) is 13.7. The van der Waals surface area contributed by atoms with E-state index in [1.807, 2.05) is 13.0 Å². The minimum absolute atomic E-state index is 0.0404. The highest BCUT2D eigenvalue weighted by Gasteiger charge is 2.28. The Balaban J connectivity index is 2.16. The van der Waals surface area contributed by atoms with Crippen molar-refractivity contribution in [1.29, 1.82) is 0 Å². The molecule has 0 amide bonds. The molecule has 17 heavy (non-hydrogen) atoms. The number of fused-ring (bicyclic) bond motifs is 3. The van der Waals surface area contributed by atoms with Crippen LogP contribution in [0.2, 0.25) is 0 Å². The van der Waals surface area contributed by atoms with E-state index in [-0.39, 0.29) is 6.10 Å². The van der Waals surface area contributed by atoms with Crippen molar-refractivity contribution in [3.63, 3.8) is 0 Å². The lowest BCUT2D eigenvalue weighted by Gasteiger charge is -2.12. The molecule has 84 valence electrons. The average Bonchev–Trinajstić information content (AvgIpc) is 2.71. The molecule has 0 N–H and O–H groups in total. The van der Waals surface area contributed by atoms with E-state index in [0.717, 1.165) is 0 Å². The molecule has 0 radical (unpaired) electrons. The van der Waals surface area contributed by atoms with Gasteiger partial charge in [-0.1, -0.05) is 54.6 Å². The van der Waals surface area contributed by atoms with Crippen molar-refractivity contribution in [2.24, 2.45) is 0 Å². The quantitative estimate of drug-likeness (QED) is 0.688. The molecule has 0 saturated carbocycles. The topological polar surface area (TPSA) is 9.23 Å². The second kappa shape index (κ2) is 4.10. The van der Waals surface area contributed by atoms with Gasteiger partial charge in [-0.05, 0) is 18.1 Å². The predicted molar refractivity (Wildman–Crippen MR) is 69.6 cm³/mol. The summed E-state index contributed by atoms with van der Waals surface area (Å²) in [6, 6.07) is 16.9. The van der Waals surface area contributed by atoms with Gasteiger partial charge in [0.05, 0.1) is 6.26 Å². The Morgan fingerprint density at radius 2 is 1.41 bits per heavy atom. The SMILES string of the molecule is CC=COC1c2ccccc2-c2ccccc21. The van der Waals surface area contributed by atoms with Crippen molar-refractivity contribution in [2.45, 2.75) is 13.0 Å². The molecule has 1 aliphatic rings. The van der Waals surface area contributed by atoms with Gasteiger partial charge in [0.15, 0.2) is 0 Å². The Labute approximate surface area is 101 Å². The summed E-state index contributed by atoms with van der Waals surface area (Å²) in [7, 11) is 0. The molecular formula is C16H14O. The molecule has 0 aliphatic heterocycles. The number of benzene rings is 2. The fourth-order valence-corrected chi connectivity index (χ4v) is 2.41. The summed E-state index contributed by atoms with van der Waals surface area (Å²) in [4.78, 5) is 0. The standard InChI is InChI=1S/C16H14O/c1-2-11-17-16-14-9-5-3-7-12(14)13-8-4-6-10-15(13)16/h2-11,16H,1H3. The van der Waals surface area contributed by atoms with Crippen LogP contribution in [0.3, 0.4) is 0 Å². The van der Waals surface area contributed by atoms with Gasteiger partial charge in [0.25, 0.3) is 0 Å². The zero-order valence-electron chi connectivity index (χ0n) is 9.76. The summed E-state index contributed by atoms with van der Waals surface area (Å²) in [5.74, 6) is 0. The van der Waals surface area contributed by atoms with Crippen molar-refractivity contribution in [1.82, 2.24) is 0 Å². The molecule has 0 atom stereocenters. The third-order valence-electron chi connectivity index (χ3n) is 3.13. The van der Waals surface area contributed by atoms with Crippen LogP contribution in [0.5, 0.6) is 0 Å². The highest BCUT2D eigenvalue weighted by Crippen LogP contribution is 2.44. The highest BCUT2D eigenvalue weighted by atomic mass is 16.5.